The van der Waals surface area contributed by atoms with Gasteiger partial charge in [0.15, 0.2) is 0 Å². The van der Waals surface area contributed by atoms with Crippen molar-refractivity contribution in [2.24, 2.45) is 0 Å². The van der Waals surface area contributed by atoms with Gasteiger partial charge in [0.25, 0.3) is 0 Å². The first-order valence-corrected chi connectivity index (χ1v) is 8.77. The van der Waals surface area contributed by atoms with Crippen LogP contribution in [0.15, 0.2) is 40.8 Å². The molecule has 0 bridgehead atoms. The number of aromatic nitrogens is 2. The predicted octanol–water partition coefficient (Wildman–Crippen LogP) is 4.23. The van der Waals surface area contributed by atoms with Crippen molar-refractivity contribution in [3.63, 3.8) is 0 Å². The second-order valence-corrected chi connectivity index (χ2v) is 6.77. The first-order chi connectivity index (χ1) is 11.7. The maximum Gasteiger partial charge on any atom is 0.143 e. The van der Waals surface area contributed by atoms with Crippen molar-refractivity contribution in [3.05, 3.63) is 47.9 Å². The Morgan fingerprint density at radius 2 is 2.12 bits per heavy atom. The Morgan fingerprint density at radius 1 is 1.21 bits per heavy atom. The second kappa shape index (κ2) is 6.36. The minimum Gasteiger partial charge on any atom is -0.460 e. The molecule has 3 heterocycles. The largest absolute Gasteiger partial charge is 0.460 e. The van der Waals surface area contributed by atoms with E-state index in [0.29, 0.717) is 6.04 Å². The molecule has 0 radical (unpaired) electrons. The summed E-state index contributed by atoms with van der Waals surface area (Å²) < 4.78 is 6.18. The first-order valence-electron chi connectivity index (χ1n) is 8.77. The monoisotopic (exact) mass is 321 g/mol. The standard InChI is InChI=1S/C20H23N3O/c1-14-8-9-19(22-21-14)18-7-3-6-16-13-17(24-20(16)18)10-12-23-11-4-5-15(23)2/h3,6-9,13,15H,4-5,10-12H2,1-2H3/t15-/m1/s1. The molecule has 1 fully saturated rings. The Kier molecular flexibility index (Phi) is 4.07. The van der Waals surface area contributed by atoms with Crippen LogP contribution in [0.3, 0.4) is 0 Å². The van der Waals surface area contributed by atoms with Crippen LogP contribution in [0.1, 0.15) is 31.2 Å². The van der Waals surface area contributed by atoms with Crippen molar-refractivity contribution in [2.45, 2.75) is 39.2 Å². The van der Waals surface area contributed by atoms with Crippen molar-refractivity contribution in [1.82, 2.24) is 15.1 Å². The highest BCUT2D eigenvalue weighted by molar-refractivity contribution is 5.91. The van der Waals surface area contributed by atoms with Crippen LogP contribution >= 0.6 is 0 Å². The third kappa shape index (κ3) is 2.94. The van der Waals surface area contributed by atoms with Gasteiger partial charge in [0, 0.05) is 30.0 Å². The minimum absolute atomic E-state index is 0.702. The predicted molar refractivity (Wildman–Crippen MR) is 96.0 cm³/mol. The fourth-order valence-electron chi connectivity index (χ4n) is 3.56. The van der Waals surface area contributed by atoms with Crippen LogP contribution < -0.4 is 0 Å². The number of nitrogens with zero attached hydrogens (tertiary/aromatic N) is 3. The van der Waals surface area contributed by atoms with Gasteiger partial charge in [-0.3, -0.25) is 0 Å². The average Bonchev–Trinajstić information content (AvgIpc) is 3.19. The number of benzene rings is 1. The third-order valence-electron chi connectivity index (χ3n) is 5.00. The van der Waals surface area contributed by atoms with Crippen molar-refractivity contribution in [2.75, 3.05) is 13.1 Å². The van der Waals surface area contributed by atoms with E-state index in [1.807, 2.05) is 19.1 Å². The number of hydrogen-bond acceptors (Lipinski definition) is 4. The van der Waals surface area contributed by atoms with E-state index < -0.39 is 0 Å². The number of para-hydroxylation sites is 1. The summed E-state index contributed by atoms with van der Waals surface area (Å²) in [6, 6.07) is 13.1. The van der Waals surface area contributed by atoms with Crippen LogP contribution in [-0.2, 0) is 6.42 Å². The molecule has 4 heteroatoms. The maximum atomic E-state index is 6.18. The molecule has 1 aliphatic rings. The summed E-state index contributed by atoms with van der Waals surface area (Å²) in [5.74, 6) is 1.05. The lowest BCUT2D eigenvalue weighted by molar-refractivity contribution is 0.266. The van der Waals surface area contributed by atoms with Crippen molar-refractivity contribution in [3.8, 4) is 11.3 Å². The van der Waals surface area contributed by atoms with E-state index in [2.05, 4.69) is 46.3 Å². The van der Waals surface area contributed by atoms with Crippen LogP contribution in [-0.4, -0.2) is 34.2 Å². The van der Waals surface area contributed by atoms with Gasteiger partial charge in [-0.2, -0.15) is 10.2 Å². The smallest absolute Gasteiger partial charge is 0.143 e. The molecular formula is C20H23N3O. The van der Waals surface area contributed by atoms with Gasteiger partial charge >= 0.3 is 0 Å². The van der Waals surface area contributed by atoms with Gasteiger partial charge in [-0.25, -0.2) is 0 Å². The van der Waals surface area contributed by atoms with Crippen LogP contribution in [0.5, 0.6) is 0 Å². The molecule has 1 saturated heterocycles. The number of likely N-dealkylation sites (tertiary alicyclic amines) is 1. The van der Waals surface area contributed by atoms with Crippen molar-refractivity contribution in [1.29, 1.82) is 0 Å². The molecule has 24 heavy (non-hydrogen) atoms. The summed E-state index contributed by atoms with van der Waals surface area (Å²) in [5, 5.41) is 9.61. The second-order valence-electron chi connectivity index (χ2n) is 6.77. The number of furan rings is 1. The molecule has 2 aromatic heterocycles. The highest BCUT2D eigenvalue weighted by atomic mass is 16.3. The average molecular weight is 321 g/mol. The zero-order valence-electron chi connectivity index (χ0n) is 14.3. The summed E-state index contributed by atoms with van der Waals surface area (Å²) in [7, 11) is 0. The lowest BCUT2D eigenvalue weighted by atomic mass is 10.1. The molecule has 4 rings (SSSR count). The molecule has 1 aromatic carbocycles. The topological polar surface area (TPSA) is 42.2 Å². The molecule has 0 spiro atoms. The van der Waals surface area contributed by atoms with Gasteiger partial charge < -0.3 is 9.32 Å². The summed E-state index contributed by atoms with van der Waals surface area (Å²) in [6.45, 7) is 6.55. The van der Waals surface area contributed by atoms with Crippen LogP contribution in [0.2, 0.25) is 0 Å². The first kappa shape index (κ1) is 15.3. The molecule has 0 unspecified atom stereocenters. The molecule has 0 aliphatic carbocycles. The van der Waals surface area contributed by atoms with E-state index in [-0.39, 0.29) is 0 Å². The fraction of sp³-hybridized carbons (Fsp3) is 0.400. The molecule has 0 amide bonds. The third-order valence-corrected chi connectivity index (χ3v) is 5.00. The summed E-state index contributed by atoms with van der Waals surface area (Å²) in [6.07, 6.45) is 3.59. The molecule has 124 valence electrons. The van der Waals surface area contributed by atoms with E-state index >= 15 is 0 Å². The normalized spacial score (nSPS) is 18.5. The van der Waals surface area contributed by atoms with E-state index in [1.54, 1.807) is 0 Å². The Labute approximate surface area is 142 Å². The SMILES string of the molecule is Cc1ccc(-c2cccc3cc(CCN4CCC[C@H]4C)oc23)nn1. The highest BCUT2D eigenvalue weighted by Gasteiger charge is 2.20. The van der Waals surface area contributed by atoms with Gasteiger partial charge in [0.1, 0.15) is 11.3 Å². The molecule has 1 atom stereocenters. The van der Waals surface area contributed by atoms with Crippen molar-refractivity contribution >= 4 is 11.0 Å². The van der Waals surface area contributed by atoms with E-state index in [4.69, 9.17) is 4.42 Å². The van der Waals surface area contributed by atoms with Crippen LogP contribution in [0, 0.1) is 6.92 Å². The number of hydrogen-bond donors (Lipinski definition) is 0. The van der Waals surface area contributed by atoms with E-state index in [1.165, 1.54) is 19.4 Å². The molecule has 0 N–H and O–H groups in total. The number of rotatable bonds is 4. The fourth-order valence-corrected chi connectivity index (χ4v) is 3.56. The lowest BCUT2D eigenvalue weighted by Gasteiger charge is -2.19. The minimum atomic E-state index is 0.702. The Bertz CT molecular complexity index is 838. The molecule has 1 aliphatic heterocycles. The number of aryl methyl sites for hydroxylation is 1. The van der Waals surface area contributed by atoms with E-state index in [9.17, 15) is 0 Å². The molecule has 3 aromatic rings. The van der Waals surface area contributed by atoms with Crippen molar-refractivity contribution < 1.29 is 4.42 Å². The summed E-state index contributed by atoms with van der Waals surface area (Å²) in [5.41, 5.74) is 3.71. The Hall–Kier alpha value is -2.20. The Balaban J connectivity index is 1.60. The van der Waals surface area contributed by atoms with Crippen LogP contribution in [0.4, 0.5) is 0 Å². The maximum absolute atomic E-state index is 6.18. The quantitative estimate of drug-likeness (QED) is 0.721. The molecule has 0 saturated carbocycles. The molecular weight excluding hydrogens is 298 g/mol. The highest BCUT2D eigenvalue weighted by Crippen LogP contribution is 2.30. The lowest BCUT2D eigenvalue weighted by Crippen LogP contribution is -2.28. The van der Waals surface area contributed by atoms with Gasteiger partial charge in [-0.15, -0.1) is 0 Å². The van der Waals surface area contributed by atoms with Gasteiger partial charge in [0.2, 0.25) is 0 Å². The van der Waals surface area contributed by atoms with Gasteiger partial charge in [-0.1, -0.05) is 12.1 Å². The zero-order chi connectivity index (χ0) is 16.5. The number of fused-ring (bicyclic) bond motifs is 1. The molecule has 4 nitrogen and oxygen atoms in total. The zero-order valence-corrected chi connectivity index (χ0v) is 14.3. The summed E-state index contributed by atoms with van der Waals surface area (Å²) >= 11 is 0. The summed E-state index contributed by atoms with van der Waals surface area (Å²) in [4.78, 5) is 2.56. The van der Waals surface area contributed by atoms with Gasteiger partial charge in [-0.05, 0) is 57.5 Å². The Morgan fingerprint density at radius 3 is 2.88 bits per heavy atom. The van der Waals surface area contributed by atoms with Gasteiger partial charge in [0.05, 0.1) is 11.4 Å². The van der Waals surface area contributed by atoms with E-state index in [0.717, 1.165) is 46.6 Å². The van der Waals surface area contributed by atoms with Crippen LogP contribution in [0.25, 0.3) is 22.2 Å².